The van der Waals surface area contributed by atoms with E-state index < -0.39 is 0 Å². The Hall–Kier alpha value is -1.70. The monoisotopic (exact) mass is 379 g/mol. The number of hydrogen-bond acceptors (Lipinski definition) is 5. The SMILES string of the molecule is COC(=O)CCCCCNC(=S)Nc1ccc(CN2CCOCC2)cc1. The smallest absolute Gasteiger partial charge is 0.305 e. The highest BCUT2D eigenvalue weighted by Crippen LogP contribution is 2.12. The molecule has 1 saturated heterocycles. The zero-order valence-electron chi connectivity index (χ0n) is 15.5. The van der Waals surface area contributed by atoms with Crippen LogP contribution in [0.4, 0.5) is 5.69 Å². The van der Waals surface area contributed by atoms with Gasteiger partial charge < -0.3 is 20.1 Å². The van der Waals surface area contributed by atoms with E-state index in [2.05, 4.69) is 44.5 Å². The summed E-state index contributed by atoms with van der Waals surface area (Å²) in [6, 6.07) is 8.38. The fourth-order valence-electron chi connectivity index (χ4n) is 2.76. The number of anilines is 1. The molecule has 0 amide bonds. The van der Waals surface area contributed by atoms with Crippen LogP contribution < -0.4 is 10.6 Å². The maximum absolute atomic E-state index is 11.0. The summed E-state index contributed by atoms with van der Waals surface area (Å²) in [5, 5.41) is 7.02. The van der Waals surface area contributed by atoms with Crippen LogP contribution in [0.3, 0.4) is 0 Å². The molecule has 0 unspecified atom stereocenters. The summed E-state index contributed by atoms with van der Waals surface area (Å²) < 4.78 is 9.99. The van der Waals surface area contributed by atoms with Crippen LogP contribution in [0.15, 0.2) is 24.3 Å². The predicted octanol–water partition coefficient (Wildman–Crippen LogP) is 2.54. The molecule has 0 atom stereocenters. The Morgan fingerprint density at radius 3 is 2.62 bits per heavy atom. The molecule has 2 N–H and O–H groups in total. The molecule has 1 aromatic rings. The zero-order valence-corrected chi connectivity index (χ0v) is 16.3. The number of thiocarbonyl (C=S) groups is 1. The van der Waals surface area contributed by atoms with Gasteiger partial charge in [0.2, 0.25) is 0 Å². The van der Waals surface area contributed by atoms with Crippen molar-refractivity contribution in [3.05, 3.63) is 29.8 Å². The van der Waals surface area contributed by atoms with Gasteiger partial charge in [-0.05, 0) is 42.8 Å². The van der Waals surface area contributed by atoms with Crippen molar-refractivity contribution < 1.29 is 14.3 Å². The van der Waals surface area contributed by atoms with E-state index in [1.807, 2.05) is 0 Å². The Morgan fingerprint density at radius 1 is 1.19 bits per heavy atom. The maximum atomic E-state index is 11.0. The number of esters is 1. The fraction of sp³-hybridized carbons (Fsp3) is 0.579. The van der Waals surface area contributed by atoms with E-state index in [1.165, 1.54) is 12.7 Å². The molecule has 0 aliphatic carbocycles. The van der Waals surface area contributed by atoms with Crippen LogP contribution in [-0.2, 0) is 20.8 Å². The summed E-state index contributed by atoms with van der Waals surface area (Å²) >= 11 is 5.32. The number of nitrogens with zero attached hydrogens (tertiary/aromatic N) is 1. The number of carbonyl (C=O) groups excluding carboxylic acids is 1. The number of ether oxygens (including phenoxy) is 2. The minimum absolute atomic E-state index is 0.146. The lowest BCUT2D eigenvalue weighted by atomic mass is 10.2. The third-order valence-electron chi connectivity index (χ3n) is 4.29. The first kappa shape index (κ1) is 20.6. The van der Waals surface area contributed by atoms with Crippen molar-refractivity contribution in [2.24, 2.45) is 0 Å². The topological polar surface area (TPSA) is 62.8 Å². The first-order valence-corrected chi connectivity index (χ1v) is 9.59. The summed E-state index contributed by atoms with van der Waals surface area (Å²) in [5.41, 5.74) is 2.28. The Kier molecular flexibility index (Phi) is 9.38. The standard InChI is InChI=1S/C19H29N3O3S/c1-24-18(23)5-3-2-4-10-20-19(26)21-17-8-6-16(7-9-17)15-22-11-13-25-14-12-22/h6-9H,2-5,10-15H2,1H3,(H2,20,21,26). The van der Waals surface area contributed by atoms with Crippen LogP contribution in [-0.4, -0.2) is 55.9 Å². The van der Waals surface area contributed by atoms with Crippen LogP contribution in [0, 0.1) is 0 Å². The van der Waals surface area contributed by atoms with Gasteiger partial charge in [0, 0.05) is 38.3 Å². The van der Waals surface area contributed by atoms with Crippen LogP contribution in [0.25, 0.3) is 0 Å². The average molecular weight is 380 g/mol. The highest BCUT2D eigenvalue weighted by Gasteiger charge is 2.10. The van der Waals surface area contributed by atoms with Crippen molar-refractivity contribution in [1.29, 1.82) is 0 Å². The Balaban J connectivity index is 1.60. The Bertz CT molecular complexity index is 560. The quantitative estimate of drug-likeness (QED) is 0.388. The highest BCUT2D eigenvalue weighted by molar-refractivity contribution is 7.80. The Labute approximate surface area is 161 Å². The lowest BCUT2D eigenvalue weighted by Gasteiger charge is -2.26. The lowest BCUT2D eigenvalue weighted by molar-refractivity contribution is -0.140. The molecule has 2 rings (SSSR count). The molecule has 144 valence electrons. The van der Waals surface area contributed by atoms with Crippen LogP contribution in [0.1, 0.15) is 31.2 Å². The number of rotatable bonds is 9. The molecule has 0 saturated carbocycles. The predicted molar refractivity (Wildman–Crippen MR) is 107 cm³/mol. The van der Waals surface area contributed by atoms with Crippen molar-refractivity contribution in [1.82, 2.24) is 10.2 Å². The molecule has 0 bridgehead atoms. The summed E-state index contributed by atoms with van der Waals surface area (Å²) in [6.07, 6.45) is 3.27. The summed E-state index contributed by atoms with van der Waals surface area (Å²) in [4.78, 5) is 13.4. The van der Waals surface area contributed by atoms with Crippen LogP contribution in [0.5, 0.6) is 0 Å². The van der Waals surface area contributed by atoms with Gasteiger partial charge in [-0.15, -0.1) is 0 Å². The number of nitrogens with one attached hydrogen (secondary N) is 2. The largest absolute Gasteiger partial charge is 0.469 e. The van der Waals surface area contributed by atoms with Gasteiger partial charge in [0.15, 0.2) is 5.11 Å². The molecule has 1 heterocycles. The number of hydrogen-bond donors (Lipinski definition) is 2. The first-order valence-electron chi connectivity index (χ1n) is 9.18. The molecular weight excluding hydrogens is 350 g/mol. The van der Waals surface area contributed by atoms with E-state index >= 15 is 0 Å². The second-order valence-corrected chi connectivity index (χ2v) is 6.76. The van der Waals surface area contributed by atoms with Gasteiger partial charge in [-0.2, -0.15) is 0 Å². The van der Waals surface area contributed by atoms with Crippen molar-refractivity contribution in [3.63, 3.8) is 0 Å². The van der Waals surface area contributed by atoms with Crippen molar-refractivity contribution in [3.8, 4) is 0 Å². The van der Waals surface area contributed by atoms with Gasteiger partial charge in [-0.25, -0.2) is 0 Å². The van der Waals surface area contributed by atoms with Gasteiger partial charge in [0.25, 0.3) is 0 Å². The zero-order chi connectivity index (χ0) is 18.6. The van der Waals surface area contributed by atoms with Gasteiger partial charge in [-0.1, -0.05) is 18.6 Å². The molecule has 0 aromatic heterocycles. The fourth-order valence-corrected chi connectivity index (χ4v) is 2.98. The van der Waals surface area contributed by atoms with Gasteiger partial charge >= 0.3 is 5.97 Å². The van der Waals surface area contributed by atoms with Crippen LogP contribution in [0.2, 0.25) is 0 Å². The molecule has 1 fully saturated rings. The second-order valence-electron chi connectivity index (χ2n) is 6.35. The third-order valence-corrected chi connectivity index (χ3v) is 4.54. The Morgan fingerprint density at radius 2 is 1.92 bits per heavy atom. The van der Waals surface area contributed by atoms with Gasteiger partial charge in [0.1, 0.15) is 0 Å². The molecule has 26 heavy (non-hydrogen) atoms. The number of morpholine rings is 1. The number of unbranched alkanes of at least 4 members (excludes halogenated alkanes) is 2. The molecule has 0 radical (unpaired) electrons. The average Bonchev–Trinajstić information content (AvgIpc) is 2.66. The minimum Gasteiger partial charge on any atom is -0.469 e. The van der Waals surface area contributed by atoms with E-state index in [0.29, 0.717) is 11.5 Å². The second kappa shape index (κ2) is 11.8. The normalized spacial score (nSPS) is 14.7. The first-order chi connectivity index (χ1) is 12.7. The molecule has 6 nitrogen and oxygen atoms in total. The highest BCUT2D eigenvalue weighted by atomic mass is 32.1. The number of methoxy groups -OCH3 is 1. The van der Waals surface area contributed by atoms with E-state index in [1.54, 1.807) is 0 Å². The summed E-state index contributed by atoms with van der Waals surface area (Å²) in [6.45, 7) is 5.38. The molecule has 7 heteroatoms. The van der Waals surface area contributed by atoms with Gasteiger partial charge in [-0.3, -0.25) is 9.69 Å². The van der Waals surface area contributed by atoms with E-state index in [4.69, 9.17) is 17.0 Å². The molecule has 1 aliphatic rings. The summed E-state index contributed by atoms with van der Waals surface area (Å²) in [7, 11) is 1.42. The lowest BCUT2D eigenvalue weighted by Crippen LogP contribution is -2.35. The van der Waals surface area contributed by atoms with Crippen molar-refractivity contribution in [2.45, 2.75) is 32.2 Å². The molecule has 1 aliphatic heterocycles. The van der Waals surface area contributed by atoms with E-state index in [0.717, 1.165) is 64.3 Å². The maximum Gasteiger partial charge on any atom is 0.305 e. The van der Waals surface area contributed by atoms with E-state index in [-0.39, 0.29) is 5.97 Å². The number of carbonyl (C=O) groups is 1. The third kappa shape index (κ3) is 8.12. The number of benzene rings is 1. The van der Waals surface area contributed by atoms with Crippen molar-refractivity contribution in [2.75, 3.05) is 45.3 Å². The van der Waals surface area contributed by atoms with Gasteiger partial charge in [0.05, 0.1) is 20.3 Å². The van der Waals surface area contributed by atoms with Crippen molar-refractivity contribution >= 4 is 29.0 Å². The molecule has 0 spiro atoms. The van der Waals surface area contributed by atoms with Crippen LogP contribution >= 0.6 is 12.2 Å². The minimum atomic E-state index is -0.146. The van der Waals surface area contributed by atoms with E-state index in [9.17, 15) is 4.79 Å². The molecule has 1 aromatic carbocycles. The molecular formula is C19H29N3O3S. The summed E-state index contributed by atoms with van der Waals surface area (Å²) in [5.74, 6) is -0.146.